The number of benzene rings is 1. The van der Waals surface area contributed by atoms with Gasteiger partial charge in [0.15, 0.2) is 6.79 Å². The molecule has 0 aromatic heterocycles. The van der Waals surface area contributed by atoms with E-state index in [1.54, 1.807) is 0 Å². The molecule has 0 heterocycles. The van der Waals surface area contributed by atoms with Crippen molar-refractivity contribution in [2.45, 2.75) is 45.4 Å². The Balaban J connectivity index is 2.24. The predicted octanol–water partition coefficient (Wildman–Crippen LogP) is 4.06. The van der Waals surface area contributed by atoms with Crippen molar-refractivity contribution in [3.63, 3.8) is 0 Å². The van der Waals surface area contributed by atoms with Crippen LogP contribution in [0.4, 0.5) is 0 Å². The van der Waals surface area contributed by atoms with Crippen molar-refractivity contribution in [3.8, 4) is 5.75 Å². The molecule has 0 aliphatic heterocycles. The second-order valence-corrected chi connectivity index (χ2v) is 6.54. The molecule has 1 fully saturated rings. The zero-order valence-electron chi connectivity index (χ0n) is 12.3. The van der Waals surface area contributed by atoms with Gasteiger partial charge in [-0.05, 0) is 41.7 Å². The lowest BCUT2D eigenvalue weighted by atomic mass is 9.90. The first kappa shape index (κ1) is 15.6. The molecule has 1 aliphatic carbocycles. The Morgan fingerprint density at radius 1 is 1.30 bits per heavy atom. The van der Waals surface area contributed by atoms with Gasteiger partial charge in [0.2, 0.25) is 0 Å². The first-order valence-corrected chi connectivity index (χ1v) is 8.38. The zero-order valence-corrected chi connectivity index (χ0v) is 13.3. The molecule has 112 valence electrons. The normalized spacial score (nSPS) is 18.1. The molecule has 4 nitrogen and oxygen atoms in total. The van der Waals surface area contributed by atoms with Gasteiger partial charge in [-0.1, -0.05) is 39.0 Å². The van der Waals surface area contributed by atoms with Crippen LogP contribution in [0.15, 0.2) is 18.2 Å². The highest BCUT2D eigenvalue weighted by Crippen LogP contribution is 2.46. The van der Waals surface area contributed by atoms with Gasteiger partial charge in [-0.2, -0.15) is 0 Å². The first-order valence-electron chi connectivity index (χ1n) is 7.12. The van der Waals surface area contributed by atoms with Crippen molar-refractivity contribution in [2.75, 3.05) is 6.79 Å². The molecule has 0 bridgehead atoms. The van der Waals surface area contributed by atoms with Gasteiger partial charge in [0.25, 0.3) is 0 Å². The molecule has 0 amide bonds. The Hall–Kier alpha value is -0.830. The Kier molecular flexibility index (Phi) is 5.25. The lowest BCUT2D eigenvalue weighted by Gasteiger charge is -2.21. The number of hydrogen-bond acceptors (Lipinski definition) is 3. The van der Waals surface area contributed by atoms with Crippen molar-refractivity contribution in [3.05, 3.63) is 29.3 Å². The zero-order chi connectivity index (χ0) is 14.7. The summed E-state index contributed by atoms with van der Waals surface area (Å²) in [6, 6.07) is 6.20. The van der Waals surface area contributed by atoms with Crippen LogP contribution in [0.5, 0.6) is 5.75 Å². The molecule has 1 aromatic carbocycles. The van der Waals surface area contributed by atoms with E-state index in [9.17, 15) is 4.57 Å². The third-order valence-corrected chi connectivity index (χ3v) is 4.27. The van der Waals surface area contributed by atoms with Gasteiger partial charge in [0.1, 0.15) is 5.75 Å². The van der Waals surface area contributed by atoms with Crippen molar-refractivity contribution < 1.29 is 18.7 Å². The van der Waals surface area contributed by atoms with E-state index in [0.717, 1.165) is 17.2 Å². The summed E-state index contributed by atoms with van der Waals surface area (Å²) in [4.78, 5) is 8.73. The van der Waals surface area contributed by atoms with Crippen LogP contribution in [0.2, 0.25) is 0 Å². The van der Waals surface area contributed by atoms with Crippen molar-refractivity contribution in [1.29, 1.82) is 0 Å². The Morgan fingerprint density at radius 2 is 1.95 bits per heavy atom. The fourth-order valence-corrected chi connectivity index (χ4v) is 2.70. The molecule has 1 unspecified atom stereocenters. The van der Waals surface area contributed by atoms with Crippen LogP contribution in [0.1, 0.15) is 56.6 Å². The summed E-state index contributed by atoms with van der Waals surface area (Å²) in [5.41, 5.74) is 2.30. The second-order valence-electron chi connectivity index (χ2n) is 5.72. The van der Waals surface area contributed by atoms with Crippen LogP contribution in [-0.2, 0) is 9.09 Å². The smallest absolute Gasteiger partial charge is 0.319 e. The van der Waals surface area contributed by atoms with E-state index in [4.69, 9.17) is 9.63 Å². The quantitative estimate of drug-likeness (QED) is 0.609. The van der Waals surface area contributed by atoms with Crippen LogP contribution < -0.4 is 4.74 Å². The largest absolute Gasteiger partial charge is 0.466 e. The third kappa shape index (κ3) is 3.85. The lowest BCUT2D eigenvalue weighted by molar-refractivity contribution is 0.112. The highest BCUT2D eigenvalue weighted by atomic mass is 31.1. The minimum atomic E-state index is -2.95. The number of para-hydroxylation sites is 1. The monoisotopic (exact) mass is 298 g/mol. The molecule has 2 rings (SSSR count). The first-order chi connectivity index (χ1) is 9.50. The van der Waals surface area contributed by atoms with Crippen LogP contribution in [0.3, 0.4) is 0 Å². The van der Waals surface area contributed by atoms with Crippen LogP contribution in [0, 0.1) is 5.92 Å². The SMILES string of the molecule is CC(C)c1cccc([C@H](C)C2CC2)c1OCO[PH](=O)O. The van der Waals surface area contributed by atoms with E-state index in [-0.39, 0.29) is 6.79 Å². The Morgan fingerprint density at radius 3 is 2.50 bits per heavy atom. The van der Waals surface area contributed by atoms with Crippen molar-refractivity contribution >= 4 is 8.25 Å². The van der Waals surface area contributed by atoms with E-state index >= 15 is 0 Å². The van der Waals surface area contributed by atoms with Gasteiger partial charge < -0.3 is 9.63 Å². The molecule has 5 heteroatoms. The van der Waals surface area contributed by atoms with Crippen LogP contribution >= 0.6 is 8.25 Å². The van der Waals surface area contributed by atoms with E-state index in [1.807, 2.05) is 6.07 Å². The predicted molar refractivity (Wildman–Crippen MR) is 79.5 cm³/mol. The summed E-state index contributed by atoms with van der Waals surface area (Å²) in [7, 11) is -2.95. The molecule has 1 N–H and O–H groups in total. The lowest BCUT2D eigenvalue weighted by Crippen LogP contribution is -2.07. The summed E-state index contributed by atoms with van der Waals surface area (Å²) >= 11 is 0. The Labute approximate surface area is 121 Å². The molecule has 1 aliphatic rings. The molecule has 0 radical (unpaired) electrons. The molecular weight excluding hydrogens is 275 g/mol. The molecule has 0 saturated heterocycles. The van der Waals surface area contributed by atoms with E-state index in [0.29, 0.717) is 11.8 Å². The standard InChI is InChI=1S/C15H23O4P/c1-10(2)13-5-4-6-14(11(3)12-7-8-12)15(13)18-9-19-20(16)17/h4-6,10-12,20H,7-9H2,1-3H3,(H,16,17)/t11-/m1/s1. The van der Waals surface area contributed by atoms with Crippen LogP contribution in [0.25, 0.3) is 0 Å². The summed E-state index contributed by atoms with van der Waals surface area (Å²) in [5, 5.41) is 0. The maximum Gasteiger partial charge on any atom is 0.319 e. The van der Waals surface area contributed by atoms with Crippen molar-refractivity contribution in [2.24, 2.45) is 5.92 Å². The van der Waals surface area contributed by atoms with E-state index in [1.165, 1.54) is 18.4 Å². The maximum absolute atomic E-state index is 10.6. The number of ether oxygens (including phenoxy) is 1. The fourth-order valence-electron chi connectivity index (χ4n) is 2.54. The summed E-state index contributed by atoms with van der Waals surface area (Å²) in [6.45, 7) is 6.27. The number of rotatable bonds is 7. The van der Waals surface area contributed by atoms with Crippen LogP contribution in [-0.4, -0.2) is 11.7 Å². The van der Waals surface area contributed by atoms with Gasteiger partial charge in [0.05, 0.1) is 0 Å². The maximum atomic E-state index is 10.6. The number of hydrogen-bond donors (Lipinski definition) is 1. The average Bonchev–Trinajstić information content (AvgIpc) is 3.21. The molecular formula is C15H23O4P. The summed E-state index contributed by atoms with van der Waals surface area (Å²) in [6.07, 6.45) is 2.54. The fraction of sp³-hybridized carbons (Fsp3) is 0.600. The average molecular weight is 298 g/mol. The third-order valence-electron chi connectivity index (χ3n) is 3.90. The highest BCUT2D eigenvalue weighted by Gasteiger charge is 2.31. The topological polar surface area (TPSA) is 55.8 Å². The van der Waals surface area contributed by atoms with Crippen molar-refractivity contribution in [1.82, 2.24) is 0 Å². The van der Waals surface area contributed by atoms with E-state index in [2.05, 4.69) is 37.4 Å². The molecule has 1 aromatic rings. The van der Waals surface area contributed by atoms with Gasteiger partial charge in [-0.3, -0.25) is 9.09 Å². The molecule has 0 spiro atoms. The van der Waals surface area contributed by atoms with E-state index < -0.39 is 8.25 Å². The second kappa shape index (κ2) is 6.75. The summed E-state index contributed by atoms with van der Waals surface area (Å²) in [5.74, 6) is 2.35. The molecule has 2 atom stereocenters. The van der Waals surface area contributed by atoms with Gasteiger partial charge >= 0.3 is 8.25 Å². The van der Waals surface area contributed by atoms with Gasteiger partial charge in [0, 0.05) is 0 Å². The minimum absolute atomic E-state index is 0.178. The summed E-state index contributed by atoms with van der Waals surface area (Å²) < 4.78 is 21.0. The molecule has 20 heavy (non-hydrogen) atoms. The van der Waals surface area contributed by atoms with Gasteiger partial charge in [-0.25, -0.2) is 0 Å². The molecule has 1 saturated carbocycles. The minimum Gasteiger partial charge on any atom is -0.466 e. The van der Waals surface area contributed by atoms with Gasteiger partial charge in [-0.15, -0.1) is 0 Å². The highest BCUT2D eigenvalue weighted by molar-refractivity contribution is 7.32. The Bertz CT molecular complexity index is 483.